The molecule has 1 unspecified atom stereocenters. The molecular formula is C10H20O3. The molecule has 1 atom stereocenters. The third-order valence-corrected chi connectivity index (χ3v) is 1.72. The molecule has 0 spiro atoms. The third kappa shape index (κ3) is 9.34. The first-order chi connectivity index (χ1) is 6.16. The molecule has 0 bridgehead atoms. The number of unbranched alkanes of at least 4 members (excludes halogenated alkanes) is 3. The molecule has 0 heterocycles. The van der Waals surface area contributed by atoms with Gasteiger partial charge in [0.15, 0.2) is 0 Å². The van der Waals surface area contributed by atoms with Gasteiger partial charge in [0.1, 0.15) is 0 Å². The second-order valence-corrected chi connectivity index (χ2v) is 3.33. The SMILES string of the molecule is CCCCCCOC(=O)CC(C)O. The van der Waals surface area contributed by atoms with Crippen molar-refractivity contribution < 1.29 is 14.6 Å². The Hall–Kier alpha value is -0.570. The Morgan fingerprint density at radius 1 is 1.38 bits per heavy atom. The molecule has 3 heteroatoms. The van der Waals surface area contributed by atoms with Crippen LogP contribution in [0.5, 0.6) is 0 Å². The summed E-state index contributed by atoms with van der Waals surface area (Å²) in [4.78, 5) is 10.9. The average molecular weight is 188 g/mol. The lowest BCUT2D eigenvalue weighted by molar-refractivity contribution is -0.145. The van der Waals surface area contributed by atoms with Gasteiger partial charge in [-0.25, -0.2) is 0 Å². The molecule has 0 fully saturated rings. The van der Waals surface area contributed by atoms with Gasteiger partial charge in [-0.1, -0.05) is 26.2 Å². The molecule has 0 aromatic rings. The van der Waals surface area contributed by atoms with Gasteiger partial charge in [-0.05, 0) is 13.3 Å². The molecule has 0 saturated carbocycles. The molecule has 0 aliphatic heterocycles. The molecule has 0 saturated heterocycles. The van der Waals surface area contributed by atoms with Crippen molar-refractivity contribution in [2.45, 2.75) is 52.1 Å². The maximum Gasteiger partial charge on any atom is 0.308 e. The third-order valence-electron chi connectivity index (χ3n) is 1.72. The Morgan fingerprint density at radius 3 is 2.62 bits per heavy atom. The van der Waals surface area contributed by atoms with Crippen LogP contribution in [0.3, 0.4) is 0 Å². The Bertz CT molecular complexity index is 132. The molecule has 1 N–H and O–H groups in total. The minimum Gasteiger partial charge on any atom is -0.466 e. The molecular weight excluding hydrogens is 168 g/mol. The fourth-order valence-corrected chi connectivity index (χ4v) is 1.01. The summed E-state index contributed by atoms with van der Waals surface area (Å²) in [6, 6.07) is 0. The summed E-state index contributed by atoms with van der Waals surface area (Å²) < 4.78 is 4.90. The van der Waals surface area contributed by atoms with Crippen LogP contribution in [0, 0.1) is 0 Å². The quantitative estimate of drug-likeness (QED) is 0.490. The summed E-state index contributed by atoms with van der Waals surface area (Å²) in [6.07, 6.45) is 3.92. The summed E-state index contributed by atoms with van der Waals surface area (Å²) in [5.74, 6) is -0.300. The first-order valence-electron chi connectivity index (χ1n) is 5.00. The number of hydrogen-bond donors (Lipinski definition) is 1. The summed E-state index contributed by atoms with van der Waals surface area (Å²) in [5.41, 5.74) is 0. The van der Waals surface area contributed by atoms with Crippen molar-refractivity contribution in [1.29, 1.82) is 0 Å². The molecule has 78 valence electrons. The second kappa shape index (κ2) is 8.05. The van der Waals surface area contributed by atoms with Gasteiger partial charge in [0.2, 0.25) is 0 Å². The fraction of sp³-hybridized carbons (Fsp3) is 0.900. The first kappa shape index (κ1) is 12.4. The lowest BCUT2D eigenvalue weighted by Gasteiger charge is -2.05. The highest BCUT2D eigenvalue weighted by Gasteiger charge is 2.06. The smallest absolute Gasteiger partial charge is 0.308 e. The maximum absolute atomic E-state index is 10.9. The van der Waals surface area contributed by atoms with Crippen LogP contribution in [0.15, 0.2) is 0 Å². The normalized spacial score (nSPS) is 12.5. The summed E-state index contributed by atoms with van der Waals surface area (Å²) >= 11 is 0. The van der Waals surface area contributed by atoms with E-state index in [0.717, 1.165) is 12.8 Å². The zero-order valence-electron chi connectivity index (χ0n) is 8.58. The van der Waals surface area contributed by atoms with Crippen molar-refractivity contribution >= 4 is 5.97 Å². The summed E-state index contributed by atoms with van der Waals surface area (Å²) in [6.45, 7) is 4.21. The molecule has 0 aromatic heterocycles. The molecule has 0 aliphatic carbocycles. The molecule has 0 rings (SSSR count). The van der Waals surface area contributed by atoms with E-state index in [-0.39, 0.29) is 12.4 Å². The molecule has 0 amide bonds. The van der Waals surface area contributed by atoms with E-state index in [1.54, 1.807) is 6.92 Å². The monoisotopic (exact) mass is 188 g/mol. The van der Waals surface area contributed by atoms with Crippen LogP contribution in [0.2, 0.25) is 0 Å². The van der Waals surface area contributed by atoms with Gasteiger partial charge in [-0.2, -0.15) is 0 Å². The highest BCUT2D eigenvalue weighted by Crippen LogP contribution is 2.00. The number of carbonyl (C=O) groups excluding carboxylic acids is 1. The summed E-state index contributed by atoms with van der Waals surface area (Å²) in [7, 11) is 0. The Kier molecular flexibility index (Phi) is 7.69. The van der Waals surface area contributed by atoms with Crippen LogP contribution < -0.4 is 0 Å². The average Bonchev–Trinajstić information content (AvgIpc) is 2.02. The van der Waals surface area contributed by atoms with Crippen LogP contribution in [0.4, 0.5) is 0 Å². The predicted molar refractivity (Wildman–Crippen MR) is 51.4 cm³/mol. The van der Waals surface area contributed by atoms with Crippen molar-refractivity contribution in [3.05, 3.63) is 0 Å². The van der Waals surface area contributed by atoms with Crippen molar-refractivity contribution in [3.63, 3.8) is 0 Å². The van der Waals surface area contributed by atoms with E-state index in [9.17, 15) is 4.79 Å². The van der Waals surface area contributed by atoms with E-state index >= 15 is 0 Å². The van der Waals surface area contributed by atoms with E-state index < -0.39 is 6.10 Å². The van der Waals surface area contributed by atoms with Crippen LogP contribution in [-0.2, 0) is 9.53 Å². The van der Waals surface area contributed by atoms with E-state index in [1.165, 1.54) is 12.8 Å². The standard InChI is InChI=1S/C10H20O3/c1-3-4-5-6-7-13-10(12)8-9(2)11/h9,11H,3-8H2,1-2H3. The minimum absolute atomic E-state index is 0.105. The lowest BCUT2D eigenvalue weighted by Crippen LogP contribution is -2.13. The topological polar surface area (TPSA) is 46.5 Å². The first-order valence-corrected chi connectivity index (χ1v) is 5.00. The summed E-state index contributed by atoms with van der Waals surface area (Å²) in [5, 5.41) is 8.86. The van der Waals surface area contributed by atoms with Crippen LogP contribution in [0.25, 0.3) is 0 Å². The molecule has 0 radical (unpaired) electrons. The van der Waals surface area contributed by atoms with Gasteiger partial charge in [0.05, 0.1) is 19.1 Å². The number of rotatable bonds is 7. The van der Waals surface area contributed by atoms with E-state index in [1.807, 2.05) is 0 Å². The minimum atomic E-state index is -0.594. The molecule has 0 aromatic carbocycles. The molecule has 0 aliphatic rings. The van der Waals surface area contributed by atoms with Crippen LogP contribution in [-0.4, -0.2) is 23.8 Å². The van der Waals surface area contributed by atoms with E-state index in [0.29, 0.717) is 6.61 Å². The largest absolute Gasteiger partial charge is 0.466 e. The van der Waals surface area contributed by atoms with Gasteiger partial charge >= 0.3 is 5.97 Å². The lowest BCUT2D eigenvalue weighted by atomic mass is 10.2. The Balaban J connectivity index is 3.17. The van der Waals surface area contributed by atoms with E-state index in [2.05, 4.69) is 6.92 Å². The number of hydrogen-bond acceptors (Lipinski definition) is 3. The van der Waals surface area contributed by atoms with Crippen LogP contribution in [0.1, 0.15) is 46.0 Å². The Labute approximate surface area is 80.1 Å². The van der Waals surface area contributed by atoms with Gasteiger partial charge in [-0.15, -0.1) is 0 Å². The highest BCUT2D eigenvalue weighted by atomic mass is 16.5. The van der Waals surface area contributed by atoms with Gasteiger partial charge in [0.25, 0.3) is 0 Å². The van der Waals surface area contributed by atoms with Crippen molar-refractivity contribution in [2.75, 3.05) is 6.61 Å². The number of aliphatic hydroxyl groups excluding tert-OH is 1. The fourth-order valence-electron chi connectivity index (χ4n) is 1.01. The number of ether oxygens (including phenoxy) is 1. The van der Waals surface area contributed by atoms with E-state index in [4.69, 9.17) is 9.84 Å². The van der Waals surface area contributed by atoms with Crippen LogP contribution >= 0.6 is 0 Å². The molecule has 13 heavy (non-hydrogen) atoms. The molecule has 3 nitrogen and oxygen atoms in total. The highest BCUT2D eigenvalue weighted by molar-refractivity contribution is 5.69. The Morgan fingerprint density at radius 2 is 2.08 bits per heavy atom. The number of carbonyl (C=O) groups is 1. The van der Waals surface area contributed by atoms with Gasteiger partial charge < -0.3 is 9.84 Å². The van der Waals surface area contributed by atoms with Gasteiger partial charge in [-0.3, -0.25) is 4.79 Å². The van der Waals surface area contributed by atoms with Crippen molar-refractivity contribution in [3.8, 4) is 0 Å². The zero-order chi connectivity index (χ0) is 10.1. The number of esters is 1. The predicted octanol–water partition coefficient (Wildman–Crippen LogP) is 1.88. The number of aliphatic hydroxyl groups is 1. The van der Waals surface area contributed by atoms with Crippen molar-refractivity contribution in [2.24, 2.45) is 0 Å². The maximum atomic E-state index is 10.9. The second-order valence-electron chi connectivity index (χ2n) is 3.33. The zero-order valence-corrected chi connectivity index (χ0v) is 8.58. The van der Waals surface area contributed by atoms with Crippen molar-refractivity contribution in [1.82, 2.24) is 0 Å². The van der Waals surface area contributed by atoms with Gasteiger partial charge in [0, 0.05) is 0 Å².